The van der Waals surface area contributed by atoms with E-state index in [9.17, 15) is 38.8 Å². The van der Waals surface area contributed by atoms with Crippen molar-refractivity contribution in [3.63, 3.8) is 0 Å². The van der Waals surface area contributed by atoms with Gasteiger partial charge in [-0.1, -0.05) is 41.1 Å². The fourth-order valence-corrected chi connectivity index (χ4v) is 13.1. The molecule has 0 atom stereocenters. The van der Waals surface area contributed by atoms with Crippen LogP contribution in [0.5, 0.6) is 23.0 Å². The maximum Gasteiger partial charge on any atom is 1.00 e. The summed E-state index contributed by atoms with van der Waals surface area (Å²) >= 11 is 6.96. The van der Waals surface area contributed by atoms with Gasteiger partial charge >= 0.3 is 49.6 Å². The van der Waals surface area contributed by atoms with Crippen molar-refractivity contribution in [1.29, 1.82) is 0 Å². The summed E-state index contributed by atoms with van der Waals surface area (Å²) in [5.41, 5.74) is 2.17. The Bertz CT molecular complexity index is 4110. The van der Waals surface area contributed by atoms with E-state index in [-0.39, 0.29) is 93.0 Å². The van der Waals surface area contributed by atoms with E-state index >= 15 is 0 Å². The molecule has 472 valence electrons. The second-order valence-electron chi connectivity index (χ2n) is 16.0. The van der Waals surface area contributed by atoms with Gasteiger partial charge in [-0.15, -0.1) is 73.4 Å². The molecule has 10 N–H and O–H groups in total. The first-order valence-electron chi connectivity index (χ1n) is 22.7. The zero-order chi connectivity index (χ0) is 63.6. The number of aliphatic hydroxyl groups excluding tert-OH is 1. The van der Waals surface area contributed by atoms with Gasteiger partial charge in [-0.05, 0) is 86.9 Å². The van der Waals surface area contributed by atoms with Gasteiger partial charge in [-0.2, -0.15) is 16.8 Å². The van der Waals surface area contributed by atoms with Crippen LogP contribution in [0, 0.1) is 37.0 Å². The summed E-state index contributed by atoms with van der Waals surface area (Å²) in [5, 5.41) is 36.0. The molecule has 0 saturated carbocycles. The number of sulfonamides is 4. The fraction of sp³-hybridized carbons (Fsp3) is 0.280. The molecule has 37 heteroatoms. The summed E-state index contributed by atoms with van der Waals surface area (Å²) in [5.74, 6) is 8.35. The Balaban J connectivity index is -0.00000101. The van der Waals surface area contributed by atoms with Gasteiger partial charge in [0, 0.05) is 49.5 Å². The summed E-state index contributed by atoms with van der Waals surface area (Å²) in [6, 6.07) is 19.0. The quantitative estimate of drug-likeness (QED) is 0.0214. The van der Waals surface area contributed by atoms with Crippen LogP contribution in [0.1, 0.15) is 8.85 Å². The SMILES string of the molecule is C.C#CCBr.C#CCOc1ccc2nc(S(=O)(=O)N=CN(C)C)sc2c1.C#CCOc1ccc2nc(S(N)(=O)=O)sc2c1.CN(C)C=NS(=O)(=O)c1nc2ccc(O)cc2s1.CO.COC(OC)N(C)C.N.NS(=O)(=O)c1nc2ccc(O)cc2s1.[H-].[Na+]. The molecule has 87 heavy (non-hydrogen) atoms. The molecule has 0 aliphatic heterocycles. The van der Waals surface area contributed by atoms with Crippen LogP contribution in [-0.4, -0.2) is 185 Å². The second kappa shape index (κ2) is 40.0. The van der Waals surface area contributed by atoms with Gasteiger partial charge in [0.25, 0.3) is 20.0 Å². The molecule has 0 unspecified atom stereocenters. The molecule has 0 radical (unpaired) electrons. The predicted molar refractivity (Wildman–Crippen MR) is 347 cm³/mol. The number of ether oxygens (including phenoxy) is 4. The first-order valence-corrected chi connectivity index (χ1v) is 33.1. The van der Waals surface area contributed by atoms with E-state index in [0.717, 1.165) is 52.5 Å². The Hall–Kier alpha value is -5.74. The molecule has 8 aromatic rings. The van der Waals surface area contributed by atoms with Crippen molar-refractivity contribution in [2.45, 2.75) is 31.2 Å². The number of rotatable bonds is 15. The Morgan fingerprint density at radius 2 is 0.874 bits per heavy atom. The van der Waals surface area contributed by atoms with E-state index in [4.69, 9.17) is 58.7 Å². The van der Waals surface area contributed by atoms with Crippen molar-refractivity contribution in [3.8, 4) is 60.0 Å². The maximum absolute atomic E-state index is 12.0. The summed E-state index contributed by atoms with van der Waals surface area (Å²) < 4.78 is 121. The Kier molecular flexibility index (Phi) is 38.3. The van der Waals surface area contributed by atoms with Gasteiger partial charge in [0.05, 0.1) is 46.2 Å². The zero-order valence-electron chi connectivity index (χ0n) is 48.8. The summed E-state index contributed by atoms with van der Waals surface area (Å²) in [6.07, 6.45) is 17.1. The number of fused-ring (bicyclic) bond motifs is 4. The maximum atomic E-state index is 12.0. The largest absolute Gasteiger partial charge is 1.00 e. The minimum absolute atomic E-state index is 0. The minimum atomic E-state index is -3.78. The van der Waals surface area contributed by atoms with E-state index < -0.39 is 40.1 Å². The average Bonchev–Trinajstić information content (AvgIpc) is 3.23. The normalized spacial score (nSPS) is 10.9. The summed E-state index contributed by atoms with van der Waals surface area (Å²) in [6.45, 7) is 0.314. The van der Waals surface area contributed by atoms with Gasteiger partial charge < -0.3 is 51.6 Å². The van der Waals surface area contributed by atoms with Crippen molar-refractivity contribution < 1.29 is 98.9 Å². The van der Waals surface area contributed by atoms with Crippen molar-refractivity contribution in [2.24, 2.45) is 19.1 Å². The molecule has 27 nitrogen and oxygen atoms in total. The van der Waals surface area contributed by atoms with Crippen LogP contribution in [0.25, 0.3) is 40.9 Å². The van der Waals surface area contributed by atoms with Crippen molar-refractivity contribution in [2.75, 3.05) is 82.2 Å². The average molecular weight is 1430 g/mol. The van der Waals surface area contributed by atoms with Crippen LogP contribution in [-0.2, 0) is 49.6 Å². The molecule has 0 bridgehead atoms. The number of alkyl halides is 1. The molecule has 0 fully saturated rings. The molecular weight excluding hydrogens is 1370 g/mol. The van der Waals surface area contributed by atoms with E-state index in [1.165, 1.54) is 52.8 Å². The number of primary sulfonamides is 2. The number of nitrogens with two attached hydrogens (primary N) is 2. The van der Waals surface area contributed by atoms with Crippen LogP contribution in [0.3, 0.4) is 0 Å². The Morgan fingerprint density at radius 3 is 1.13 bits per heavy atom. The van der Waals surface area contributed by atoms with Gasteiger partial charge in [-0.25, -0.2) is 47.0 Å². The number of thiazole rings is 4. The molecule has 4 heterocycles. The number of halogens is 1. The Morgan fingerprint density at radius 1 is 0.586 bits per heavy atom. The molecule has 0 aliphatic rings. The summed E-state index contributed by atoms with van der Waals surface area (Å²) in [7, 11) is -0.364. The van der Waals surface area contributed by atoms with Crippen LogP contribution < -0.4 is 55.5 Å². The van der Waals surface area contributed by atoms with Crippen LogP contribution in [0.2, 0.25) is 0 Å². The number of aromatic nitrogens is 4. The first-order chi connectivity index (χ1) is 39.4. The minimum Gasteiger partial charge on any atom is -1.00 e. The molecule has 4 aromatic carbocycles. The van der Waals surface area contributed by atoms with Crippen LogP contribution in [0.15, 0.2) is 99.0 Å². The number of hydrogen-bond donors (Lipinski definition) is 6. The smallest absolute Gasteiger partial charge is 1.00 e. The van der Waals surface area contributed by atoms with E-state index in [1.54, 1.807) is 84.9 Å². The Labute approximate surface area is 554 Å². The number of aromatic hydroxyl groups is 2. The number of phenolic OH excluding ortho intramolecular Hbond substituents is 2. The topological polar surface area (TPSA) is 407 Å². The molecule has 0 spiro atoms. The standard InChI is InChI=1S/C13H13N3O3S2.C10H11N3O3S2.C10H8N2O3S2.C7H6N2O3S2.C5H13NO2.C3H3Br.CH4O.CH4.H3N.Na.H/c1-4-7-19-10-5-6-11-12(8-10)20-13(15-11)21(17,18)14-9-16(2)3;1-13(2)6-11-18(15,16)10-12-8-4-3-7(14)5-9(8)17-10;1-2-5-15-7-3-4-8-9(6-7)16-10(12-8)17(11,13)14;8-14(11,12)7-9-5-2-1-4(10)3-6(5)13-7;1-6(2)5(7-3)8-4;1-2-3-4;1-2;;;;/h1,5-6,8-9H,7H2,2-3H3;3-6,14H,1-2H3;1,3-4,6H,5H2,(H2,11,13,14);1-3,10H,(H2,8,11,12);5H,1-4H3;1H,3H2;2H,1H3;1H4;1H3;;/q;;;;;;;;;+1;-1. The van der Waals surface area contributed by atoms with E-state index in [0.29, 0.717) is 57.7 Å². The molecule has 0 amide bonds. The van der Waals surface area contributed by atoms with E-state index in [2.05, 4.69) is 62.4 Å². The van der Waals surface area contributed by atoms with Gasteiger partial charge in [-0.3, -0.25) is 4.90 Å². The predicted octanol–water partition coefficient (Wildman–Crippen LogP) is 3.13. The van der Waals surface area contributed by atoms with E-state index in [1.807, 2.05) is 19.0 Å². The molecule has 0 aliphatic carbocycles. The van der Waals surface area contributed by atoms with Crippen LogP contribution >= 0.6 is 61.3 Å². The van der Waals surface area contributed by atoms with Crippen molar-refractivity contribution >= 4 is 155 Å². The van der Waals surface area contributed by atoms with Gasteiger partial charge in [0.2, 0.25) is 23.8 Å². The fourth-order valence-electron chi connectivity index (χ4n) is 5.37. The molecule has 4 aromatic heterocycles. The number of phenols is 2. The summed E-state index contributed by atoms with van der Waals surface area (Å²) in [4.78, 5) is 20.7. The molecular formula is C50H66BrN12NaO15S8. The third-order valence-corrected chi connectivity index (χ3v) is 18.9. The third kappa shape index (κ3) is 28.5. The molecule has 8 rings (SSSR count). The number of benzene rings is 4. The van der Waals surface area contributed by atoms with Gasteiger partial charge in [0.1, 0.15) is 48.9 Å². The second-order valence-corrected chi connectivity index (χ2v) is 27.7. The third-order valence-electron chi connectivity index (χ3n) is 8.69. The van der Waals surface area contributed by atoms with Gasteiger partial charge in [0.15, 0.2) is 0 Å². The van der Waals surface area contributed by atoms with Crippen molar-refractivity contribution in [1.82, 2.24) is 40.8 Å². The number of terminal acetylenes is 3. The number of hydrogen-bond acceptors (Lipinski definition) is 25. The number of aliphatic hydroxyl groups is 1. The number of nitrogens with zero attached hydrogens (tertiary/aromatic N) is 9. The van der Waals surface area contributed by atoms with Crippen molar-refractivity contribution in [3.05, 3.63) is 72.8 Å². The molecule has 0 saturated heterocycles. The van der Waals surface area contributed by atoms with Crippen LogP contribution in [0.4, 0.5) is 0 Å². The monoisotopic (exact) mass is 1430 g/mol. The zero-order valence-corrected chi connectivity index (χ0v) is 57.9. The first kappa shape index (κ1) is 83.3. The number of methoxy groups -OCH3 is 2.